The van der Waals surface area contributed by atoms with Crippen LogP contribution in [0.2, 0.25) is 0 Å². The van der Waals surface area contributed by atoms with E-state index in [4.69, 9.17) is 0 Å². The molecule has 0 aliphatic rings. The van der Waals surface area contributed by atoms with Gasteiger partial charge in [0.1, 0.15) is 0 Å². The average Bonchev–Trinajstić information content (AvgIpc) is 2.99. The molecule has 0 spiro atoms. The van der Waals surface area contributed by atoms with Gasteiger partial charge in [0.05, 0.1) is 12.1 Å². The molecule has 2 aromatic heterocycles. The number of rotatable bonds is 5. The van der Waals surface area contributed by atoms with Gasteiger partial charge in [0.15, 0.2) is 0 Å². The summed E-state index contributed by atoms with van der Waals surface area (Å²) >= 11 is 0. The Kier molecular flexibility index (Phi) is 4.70. The first-order chi connectivity index (χ1) is 11.6. The van der Waals surface area contributed by atoms with Gasteiger partial charge in [-0.25, -0.2) is 0 Å². The van der Waals surface area contributed by atoms with Crippen LogP contribution in [0.3, 0.4) is 0 Å². The lowest BCUT2D eigenvalue weighted by Crippen LogP contribution is -2.24. The Balaban J connectivity index is 1.62. The van der Waals surface area contributed by atoms with Crippen molar-refractivity contribution in [3.8, 4) is 11.3 Å². The molecule has 0 saturated heterocycles. The molecular weight excluding hydrogens is 300 g/mol. The van der Waals surface area contributed by atoms with Crippen molar-refractivity contribution in [2.24, 2.45) is 7.05 Å². The summed E-state index contributed by atoms with van der Waals surface area (Å²) in [6.07, 6.45) is 5.71. The number of hydrogen-bond donors (Lipinski definition) is 1. The Labute approximate surface area is 141 Å². The molecular formula is C19H20N4O. The lowest BCUT2D eigenvalue weighted by Gasteiger charge is -2.08. The number of amides is 1. The fraction of sp³-hybridized carbons (Fsp3) is 0.211. The van der Waals surface area contributed by atoms with Crippen molar-refractivity contribution in [1.82, 2.24) is 20.1 Å². The number of hydrogen-bond acceptors (Lipinski definition) is 3. The molecule has 0 bridgehead atoms. The predicted molar refractivity (Wildman–Crippen MR) is 93.2 cm³/mol. The number of nitrogens with zero attached hydrogens (tertiary/aromatic N) is 3. The molecule has 1 N–H and O–H groups in total. The van der Waals surface area contributed by atoms with E-state index in [1.807, 2.05) is 50.4 Å². The van der Waals surface area contributed by atoms with Crippen LogP contribution in [-0.4, -0.2) is 20.7 Å². The van der Waals surface area contributed by atoms with Gasteiger partial charge >= 0.3 is 0 Å². The summed E-state index contributed by atoms with van der Waals surface area (Å²) in [5.74, 6) is 0.00605. The van der Waals surface area contributed by atoms with Crippen LogP contribution in [-0.2, 0) is 24.8 Å². The Hall–Kier alpha value is -2.95. The van der Waals surface area contributed by atoms with Crippen LogP contribution in [0.1, 0.15) is 16.7 Å². The number of pyridine rings is 1. The first-order valence-corrected chi connectivity index (χ1v) is 7.86. The van der Waals surface area contributed by atoms with Crippen LogP contribution in [0.5, 0.6) is 0 Å². The van der Waals surface area contributed by atoms with Gasteiger partial charge in [-0.3, -0.25) is 14.5 Å². The van der Waals surface area contributed by atoms with Crippen LogP contribution in [0, 0.1) is 6.92 Å². The maximum absolute atomic E-state index is 12.1. The molecule has 3 rings (SSSR count). The van der Waals surface area contributed by atoms with Crippen LogP contribution < -0.4 is 5.32 Å². The van der Waals surface area contributed by atoms with Crippen LogP contribution >= 0.6 is 0 Å². The van der Waals surface area contributed by atoms with Crippen LogP contribution in [0.25, 0.3) is 11.3 Å². The van der Waals surface area contributed by atoms with Gasteiger partial charge < -0.3 is 5.32 Å². The van der Waals surface area contributed by atoms with Crippen molar-refractivity contribution in [1.29, 1.82) is 0 Å². The zero-order valence-electron chi connectivity index (χ0n) is 13.9. The molecule has 5 heteroatoms. The van der Waals surface area contributed by atoms with Gasteiger partial charge in [0, 0.05) is 37.7 Å². The van der Waals surface area contributed by atoms with Crippen LogP contribution in [0.15, 0.2) is 55.0 Å². The molecule has 3 aromatic rings. The lowest BCUT2D eigenvalue weighted by atomic mass is 10.1. The minimum Gasteiger partial charge on any atom is -0.352 e. The molecule has 5 nitrogen and oxygen atoms in total. The van der Waals surface area contributed by atoms with E-state index >= 15 is 0 Å². The number of benzene rings is 1. The third-order valence-corrected chi connectivity index (χ3v) is 3.85. The van der Waals surface area contributed by atoms with E-state index in [0.29, 0.717) is 13.0 Å². The average molecular weight is 320 g/mol. The Morgan fingerprint density at radius 3 is 2.79 bits per heavy atom. The molecule has 24 heavy (non-hydrogen) atoms. The largest absolute Gasteiger partial charge is 0.352 e. The molecule has 1 amide bonds. The second-order valence-corrected chi connectivity index (χ2v) is 5.86. The Morgan fingerprint density at radius 1 is 1.17 bits per heavy atom. The highest BCUT2D eigenvalue weighted by atomic mass is 16.1. The standard InChI is InChI=1S/C19H20N4O/c1-14-4-3-5-15(8-14)10-19(24)21-12-16-9-17(13-20-11-16)18-6-7-22-23(18)2/h3-9,11,13H,10,12H2,1-2H3,(H,21,24). The van der Waals surface area contributed by atoms with Crippen molar-refractivity contribution in [3.05, 3.63) is 71.7 Å². The maximum atomic E-state index is 12.1. The zero-order valence-corrected chi connectivity index (χ0v) is 13.9. The lowest BCUT2D eigenvalue weighted by molar-refractivity contribution is -0.120. The van der Waals surface area contributed by atoms with E-state index in [-0.39, 0.29) is 5.91 Å². The fourth-order valence-electron chi connectivity index (χ4n) is 2.65. The molecule has 0 radical (unpaired) electrons. The summed E-state index contributed by atoms with van der Waals surface area (Å²) in [6, 6.07) is 12.0. The molecule has 0 atom stereocenters. The van der Waals surface area contributed by atoms with E-state index in [2.05, 4.69) is 15.4 Å². The van der Waals surface area contributed by atoms with Gasteiger partial charge in [-0.2, -0.15) is 5.10 Å². The normalized spacial score (nSPS) is 10.6. The fourth-order valence-corrected chi connectivity index (χ4v) is 2.65. The monoisotopic (exact) mass is 320 g/mol. The second-order valence-electron chi connectivity index (χ2n) is 5.86. The molecule has 0 fully saturated rings. The molecule has 0 aliphatic heterocycles. The molecule has 0 aliphatic carbocycles. The smallest absolute Gasteiger partial charge is 0.224 e. The van der Waals surface area contributed by atoms with Crippen molar-refractivity contribution >= 4 is 5.91 Å². The zero-order chi connectivity index (χ0) is 16.9. The number of carbonyl (C=O) groups is 1. The van der Waals surface area contributed by atoms with Gasteiger partial charge in [-0.05, 0) is 30.2 Å². The SMILES string of the molecule is Cc1cccc(CC(=O)NCc2cncc(-c3ccnn3C)c2)c1. The quantitative estimate of drug-likeness (QED) is 0.786. The summed E-state index contributed by atoms with van der Waals surface area (Å²) in [5.41, 5.74) is 5.13. The maximum Gasteiger partial charge on any atom is 0.224 e. The van der Waals surface area contributed by atoms with E-state index in [1.165, 1.54) is 0 Å². The first-order valence-electron chi connectivity index (χ1n) is 7.86. The van der Waals surface area contributed by atoms with Crippen molar-refractivity contribution in [2.75, 3.05) is 0 Å². The number of carbonyl (C=O) groups excluding carboxylic acids is 1. The highest BCUT2D eigenvalue weighted by Crippen LogP contribution is 2.18. The summed E-state index contributed by atoms with van der Waals surface area (Å²) < 4.78 is 1.80. The second kappa shape index (κ2) is 7.08. The van der Waals surface area contributed by atoms with E-state index in [0.717, 1.165) is 27.9 Å². The van der Waals surface area contributed by atoms with Gasteiger partial charge in [-0.1, -0.05) is 29.8 Å². The van der Waals surface area contributed by atoms with Gasteiger partial charge in [0.25, 0.3) is 0 Å². The molecule has 1 aromatic carbocycles. The van der Waals surface area contributed by atoms with E-state index in [9.17, 15) is 4.79 Å². The highest BCUT2D eigenvalue weighted by Gasteiger charge is 2.06. The van der Waals surface area contributed by atoms with Gasteiger partial charge in [-0.15, -0.1) is 0 Å². The first kappa shape index (κ1) is 15.9. The summed E-state index contributed by atoms with van der Waals surface area (Å²) in [4.78, 5) is 16.4. The summed E-state index contributed by atoms with van der Waals surface area (Å²) in [5, 5.41) is 7.12. The highest BCUT2D eigenvalue weighted by molar-refractivity contribution is 5.78. The topological polar surface area (TPSA) is 59.8 Å². The minimum atomic E-state index is 0.00605. The third-order valence-electron chi connectivity index (χ3n) is 3.85. The molecule has 0 saturated carbocycles. The van der Waals surface area contributed by atoms with Gasteiger partial charge in [0.2, 0.25) is 5.91 Å². The Morgan fingerprint density at radius 2 is 2.04 bits per heavy atom. The molecule has 2 heterocycles. The Bertz CT molecular complexity index is 854. The summed E-state index contributed by atoms with van der Waals surface area (Å²) in [6.45, 7) is 2.49. The molecule has 122 valence electrons. The van der Waals surface area contributed by atoms with Crippen molar-refractivity contribution in [2.45, 2.75) is 19.9 Å². The molecule has 0 unspecified atom stereocenters. The van der Waals surface area contributed by atoms with Crippen molar-refractivity contribution in [3.63, 3.8) is 0 Å². The van der Waals surface area contributed by atoms with E-state index < -0.39 is 0 Å². The minimum absolute atomic E-state index is 0.00605. The van der Waals surface area contributed by atoms with Crippen molar-refractivity contribution < 1.29 is 4.79 Å². The summed E-state index contributed by atoms with van der Waals surface area (Å²) in [7, 11) is 1.89. The predicted octanol–water partition coefficient (Wildman–Crippen LogP) is 2.65. The third kappa shape index (κ3) is 3.87. The number of nitrogens with one attached hydrogen (secondary N) is 1. The van der Waals surface area contributed by atoms with Crippen LogP contribution in [0.4, 0.5) is 0 Å². The number of aryl methyl sites for hydroxylation is 2. The van der Waals surface area contributed by atoms with E-state index in [1.54, 1.807) is 23.3 Å². The number of aromatic nitrogens is 3.